The standard InChI is InChI=1S/C14H19NO2S/c1-8(15)7-11-9-3-5-16-12(9)14(18-2)13-10(11)4-6-17-13/h8H,3-7,15H2,1-2H3. The summed E-state index contributed by atoms with van der Waals surface area (Å²) in [4.78, 5) is 1.18. The maximum Gasteiger partial charge on any atom is 0.140 e. The zero-order valence-corrected chi connectivity index (χ0v) is 11.7. The van der Waals surface area contributed by atoms with E-state index in [1.54, 1.807) is 11.8 Å². The van der Waals surface area contributed by atoms with Crippen molar-refractivity contribution in [1.82, 2.24) is 0 Å². The molecule has 98 valence electrons. The van der Waals surface area contributed by atoms with E-state index in [0.717, 1.165) is 44.0 Å². The van der Waals surface area contributed by atoms with Gasteiger partial charge < -0.3 is 15.2 Å². The fourth-order valence-electron chi connectivity index (χ4n) is 2.93. The number of hydrogen-bond acceptors (Lipinski definition) is 4. The third kappa shape index (κ3) is 1.79. The van der Waals surface area contributed by atoms with Gasteiger partial charge in [0.25, 0.3) is 0 Å². The first kappa shape index (κ1) is 12.2. The molecule has 0 saturated carbocycles. The summed E-state index contributed by atoms with van der Waals surface area (Å²) in [6.07, 6.45) is 5.03. The highest BCUT2D eigenvalue weighted by Gasteiger charge is 2.31. The molecule has 0 radical (unpaired) electrons. The molecule has 1 atom stereocenters. The van der Waals surface area contributed by atoms with E-state index in [4.69, 9.17) is 15.2 Å². The average Bonchev–Trinajstić information content (AvgIpc) is 2.96. The fraction of sp³-hybridized carbons (Fsp3) is 0.571. The number of hydrogen-bond donors (Lipinski definition) is 1. The summed E-state index contributed by atoms with van der Waals surface area (Å²) in [5.41, 5.74) is 10.1. The number of ether oxygens (including phenoxy) is 2. The van der Waals surface area contributed by atoms with E-state index in [2.05, 4.69) is 13.2 Å². The minimum absolute atomic E-state index is 0.180. The van der Waals surface area contributed by atoms with Crippen molar-refractivity contribution in [3.8, 4) is 11.5 Å². The fourth-order valence-corrected chi connectivity index (χ4v) is 3.67. The van der Waals surface area contributed by atoms with Crippen LogP contribution in [-0.2, 0) is 19.3 Å². The molecule has 3 nitrogen and oxygen atoms in total. The smallest absolute Gasteiger partial charge is 0.140 e. The lowest BCUT2D eigenvalue weighted by Crippen LogP contribution is -2.19. The summed E-state index contributed by atoms with van der Waals surface area (Å²) in [5.74, 6) is 2.11. The zero-order chi connectivity index (χ0) is 12.7. The van der Waals surface area contributed by atoms with Crippen molar-refractivity contribution in [3.05, 3.63) is 16.7 Å². The van der Waals surface area contributed by atoms with Crippen LogP contribution in [0.5, 0.6) is 11.5 Å². The van der Waals surface area contributed by atoms with E-state index >= 15 is 0 Å². The molecular formula is C14H19NO2S. The molecule has 0 bridgehead atoms. The van der Waals surface area contributed by atoms with E-state index in [1.165, 1.54) is 21.6 Å². The van der Waals surface area contributed by atoms with Gasteiger partial charge in [-0.2, -0.15) is 0 Å². The van der Waals surface area contributed by atoms with Gasteiger partial charge in [-0.25, -0.2) is 0 Å². The molecule has 18 heavy (non-hydrogen) atoms. The third-order valence-electron chi connectivity index (χ3n) is 3.62. The SMILES string of the molecule is CSc1c2c(c(CC(C)N)c3c1OCC3)CCO2. The van der Waals surface area contributed by atoms with Crippen molar-refractivity contribution >= 4 is 11.8 Å². The Balaban J connectivity index is 2.20. The van der Waals surface area contributed by atoms with Crippen LogP contribution in [0.15, 0.2) is 4.90 Å². The Hall–Kier alpha value is -0.870. The molecule has 4 heteroatoms. The number of benzene rings is 1. The number of rotatable bonds is 3. The van der Waals surface area contributed by atoms with Crippen LogP contribution in [0.25, 0.3) is 0 Å². The molecule has 2 aliphatic heterocycles. The molecule has 1 aromatic carbocycles. The van der Waals surface area contributed by atoms with E-state index < -0.39 is 0 Å². The maximum atomic E-state index is 6.00. The van der Waals surface area contributed by atoms with Crippen molar-refractivity contribution in [1.29, 1.82) is 0 Å². The number of fused-ring (bicyclic) bond motifs is 2. The second-order valence-corrected chi connectivity index (χ2v) is 5.82. The first-order chi connectivity index (χ1) is 8.72. The molecule has 0 aliphatic carbocycles. The molecule has 1 aromatic rings. The summed E-state index contributed by atoms with van der Waals surface area (Å²) in [7, 11) is 0. The monoisotopic (exact) mass is 265 g/mol. The summed E-state index contributed by atoms with van der Waals surface area (Å²) < 4.78 is 11.7. The Labute approximate surface area is 112 Å². The predicted octanol–water partition coefficient (Wildman–Crippen LogP) is 2.17. The van der Waals surface area contributed by atoms with Crippen molar-refractivity contribution in [3.63, 3.8) is 0 Å². The number of nitrogens with two attached hydrogens (primary N) is 1. The highest BCUT2D eigenvalue weighted by atomic mass is 32.2. The summed E-state index contributed by atoms with van der Waals surface area (Å²) >= 11 is 1.73. The quantitative estimate of drug-likeness (QED) is 0.851. The van der Waals surface area contributed by atoms with E-state index in [1.807, 2.05) is 0 Å². The van der Waals surface area contributed by atoms with Crippen molar-refractivity contribution < 1.29 is 9.47 Å². The molecule has 0 fully saturated rings. The van der Waals surface area contributed by atoms with Gasteiger partial charge in [-0.15, -0.1) is 11.8 Å². The van der Waals surface area contributed by atoms with Gasteiger partial charge in [-0.05, 0) is 25.2 Å². The van der Waals surface area contributed by atoms with E-state index in [0.29, 0.717) is 0 Å². The normalized spacial score (nSPS) is 17.9. The molecule has 0 spiro atoms. The van der Waals surface area contributed by atoms with Crippen LogP contribution in [0.1, 0.15) is 23.6 Å². The molecule has 2 N–H and O–H groups in total. The van der Waals surface area contributed by atoms with Crippen molar-refractivity contribution in [2.24, 2.45) is 5.73 Å². The lowest BCUT2D eigenvalue weighted by atomic mass is 9.92. The Bertz CT molecular complexity index is 450. The van der Waals surface area contributed by atoms with Gasteiger partial charge in [0.2, 0.25) is 0 Å². The van der Waals surface area contributed by atoms with E-state index in [9.17, 15) is 0 Å². The molecule has 0 saturated heterocycles. The van der Waals surface area contributed by atoms with Crippen LogP contribution in [0.2, 0.25) is 0 Å². The van der Waals surface area contributed by atoms with Crippen LogP contribution in [-0.4, -0.2) is 25.5 Å². The summed E-state index contributed by atoms with van der Waals surface area (Å²) in [6.45, 7) is 3.64. The molecular weight excluding hydrogens is 246 g/mol. The Morgan fingerprint density at radius 3 is 2.17 bits per heavy atom. The van der Waals surface area contributed by atoms with Crippen molar-refractivity contribution in [2.45, 2.75) is 37.1 Å². The molecule has 2 heterocycles. The lowest BCUT2D eigenvalue weighted by Gasteiger charge is -2.17. The lowest BCUT2D eigenvalue weighted by molar-refractivity contribution is 0.329. The summed E-state index contributed by atoms with van der Waals surface area (Å²) in [5, 5.41) is 0. The van der Waals surface area contributed by atoms with Gasteiger partial charge in [0.1, 0.15) is 11.5 Å². The third-order valence-corrected chi connectivity index (χ3v) is 4.40. The largest absolute Gasteiger partial charge is 0.492 e. The zero-order valence-electron chi connectivity index (χ0n) is 10.9. The highest BCUT2D eigenvalue weighted by molar-refractivity contribution is 7.98. The van der Waals surface area contributed by atoms with Gasteiger partial charge in [0.05, 0.1) is 18.1 Å². The van der Waals surface area contributed by atoms with Crippen LogP contribution in [0, 0.1) is 0 Å². The Morgan fingerprint density at radius 1 is 1.17 bits per heavy atom. The van der Waals surface area contributed by atoms with Crippen LogP contribution in [0.4, 0.5) is 0 Å². The second-order valence-electron chi connectivity index (χ2n) is 5.01. The van der Waals surface area contributed by atoms with E-state index in [-0.39, 0.29) is 6.04 Å². The van der Waals surface area contributed by atoms with Gasteiger partial charge in [-0.3, -0.25) is 0 Å². The minimum atomic E-state index is 0.180. The van der Waals surface area contributed by atoms with Crippen LogP contribution < -0.4 is 15.2 Å². The van der Waals surface area contributed by atoms with Crippen molar-refractivity contribution in [2.75, 3.05) is 19.5 Å². The highest BCUT2D eigenvalue weighted by Crippen LogP contribution is 2.49. The second kappa shape index (κ2) is 4.67. The minimum Gasteiger partial charge on any atom is -0.492 e. The molecule has 3 rings (SSSR count). The van der Waals surface area contributed by atoms with Gasteiger partial charge in [-0.1, -0.05) is 0 Å². The maximum absolute atomic E-state index is 6.00. The number of thioether (sulfide) groups is 1. The summed E-state index contributed by atoms with van der Waals surface area (Å²) in [6, 6.07) is 0.180. The average molecular weight is 265 g/mol. The molecule has 0 aromatic heterocycles. The van der Waals surface area contributed by atoms with Gasteiger partial charge in [0.15, 0.2) is 0 Å². The van der Waals surface area contributed by atoms with Crippen LogP contribution >= 0.6 is 11.8 Å². The van der Waals surface area contributed by atoms with Gasteiger partial charge >= 0.3 is 0 Å². The Kier molecular flexibility index (Phi) is 3.16. The predicted molar refractivity (Wildman–Crippen MR) is 74.0 cm³/mol. The first-order valence-corrected chi connectivity index (χ1v) is 7.70. The van der Waals surface area contributed by atoms with Crippen LogP contribution in [0.3, 0.4) is 0 Å². The Morgan fingerprint density at radius 2 is 1.72 bits per heavy atom. The molecule has 2 aliphatic rings. The topological polar surface area (TPSA) is 44.5 Å². The van der Waals surface area contributed by atoms with Gasteiger partial charge in [0, 0.05) is 30.0 Å². The molecule has 1 unspecified atom stereocenters. The first-order valence-electron chi connectivity index (χ1n) is 6.48. The molecule has 0 amide bonds.